The van der Waals surface area contributed by atoms with Crippen LogP contribution in [0.4, 0.5) is 5.69 Å². The van der Waals surface area contributed by atoms with Crippen LogP contribution in [0.1, 0.15) is 37.7 Å². The third-order valence-electron chi connectivity index (χ3n) is 7.30. The summed E-state index contributed by atoms with van der Waals surface area (Å²) in [6.45, 7) is 4.49. The Morgan fingerprint density at radius 1 is 0.919 bits per heavy atom. The van der Waals surface area contributed by atoms with Crippen molar-refractivity contribution in [3.05, 3.63) is 60.2 Å². The molecule has 0 radical (unpaired) electrons. The van der Waals surface area contributed by atoms with Crippen LogP contribution in [-0.4, -0.2) is 75.7 Å². The number of carbonyl (C=O) groups is 2. The quantitative estimate of drug-likeness (QED) is 0.541. The number of benzene rings is 2. The summed E-state index contributed by atoms with van der Waals surface area (Å²) >= 11 is 0. The second-order valence-corrected chi connectivity index (χ2v) is 12.1. The van der Waals surface area contributed by atoms with E-state index in [0.717, 1.165) is 56.6 Å². The molecule has 0 bridgehead atoms. The van der Waals surface area contributed by atoms with Crippen molar-refractivity contribution >= 4 is 27.3 Å². The van der Waals surface area contributed by atoms with E-state index in [1.807, 2.05) is 40.2 Å². The Balaban J connectivity index is 1.24. The van der Waals surface area contributed by atoms with Crippen molar-refractivity contribution in [2.45, 2.75) is 43.4 Å². The lowest BCUT2D eigenvalue weighted by molar-refractivity contribution is -0.126. The van der Waals surface area contributed by atoms with Gasteiger partial charge in [-0.3, -0.25) is 19.9 Å². The molecule has 0 aromatic heterocycles. The minimum atomic E-state index is -3.25. The molecule has 0 atom stereocenters. The zero-order valence-electron chi connectivity index (χ0n) is 21.6. The number of carbonyl (C=O) groups excluding carboxylic acids is 2. The Hall–Kier alpha value is -2.75. The molecule has 2 aliphatic rings. The summed E-state index contributed by atoms with van der Waals surface area (Å²) in [7, 11) is -3.25. The molecular weight excluding hydrogens is 488 g/mol. The van der Waals surface area contributed by atoms with E-state index in [1.165, 1.54) is 24.8 Å². The summed E-state index contributed by atoms with van der Waals surface area (Å²) < 4.78 is 23.2. The maximum Gasteiger partial charge on any atom is 0.238 e. The van der Waals surface area contributed by atoms with Gasteiger partial charge in [-0.05, 0) is 42.7 Å². The molecule has 0 spiro atoms. The van der Waals surface area contributed by atoms with Gasteiger partial charge in [0.25, 0.3) is 0 Å². The van der Waals surface area contributed by atoms with Gasteiger partial charge >= 0.3 is 0 Å². The van der Waals surface area contributed by atoms with Gasteiger partial charge in [-0.25, -0.2) is 13.4 Å². The molecule has 2 aromatic carbocycles. The van der Waals surface area contributed by atoms with E-state index in [0.29, 0.717) is 19.6 Å². The Morgan fingerprint density at radius 3 is 2.19 bits per heavy atom. The van der Waals surface area contributed by atoms with Crippen molar-refractivity contribution < 1.29 is 18.0 Å². The predicted octanol–water partition coefficient (Wildman–Crippen LogP) is 2.89. The standard InChI is InChI=1S/C28H38N4O4S/c1-37(35,36)26-14-12-23(13-15-26)22-27(33)29-31-19-16-30(17-20-31)18-21-32(25-10-6-3-7-11-25)28(34)24-8-4-2-5-9-24/h3,6-7,10-15,24H,2,4-5,8-9,16-22H2,1H3,(H,29,33). The van der Waals surface area contributed by atoms with Gasteiger partial charge in [0.15, 0.2) is 9.84 Å². The van der Waals surface area contributed by atoms with Crippen molar-refractivity contribution in [1.82, 2.24) is 15.3 Å². The number of para-hydroxylation sites is 1. The Labute approximate surface area is 220 Å². The van der Waals surface area contributed by atoms with Gasteiger partial charge in [0.1, 0.15) is 0 Å². The third-order valence-corrected chi connectivity index (χ3v) is 8.43. The van der Waals surface area contributed by atoms with Crippen molar-refractivity contribution in [2.75, 3.05) is 50.4 Å². The molecule has 2 fully saturated rings. The minimum Gasteiger partial charge on any atom is -0.311 e. The molecule has 2 aromatic rings. The monoisotopic (exact) mass is 526 g/mol. The second-order valence-electron chi connectivity index (χ2n) is 10.1. The fraction of sp³-hybridized carbons (Fsp3) is 0.500. The molecule has 200 valence electrons. The summed E-state index contributed by atoms with van der Waals surface area (Å²) in [5.74, 6) is 0.263. The van der Waals surface area contributed by atoms with Gasteiger partial charge in [0.05, 0.1) is 11.3 Å². The molecule has 2 amide bonds. The number of piperazine rings is 1. The van der Waals surface area contributed by atoms with E-state index in [9.17, 15) is 18.0 Å². The topological polar surface area (TPSA) is 90.0 Å². The maximum atomic E-state index is 13.4. The summed E-state index contributed by atoms with van der Waals surface area (Å²) in [4.78, 5) is 30.5. The number of nitrogens with one attached hydrogen (secondary N) is 1. The highest BCUT2D eigenvalue weighted by atomic mass is 32.2. The van der Waals surface area contributed by atoms with E-state index in [1.54, 1.807) is 12.1 Å². The molecule has 1 saturated heterocycles. The highest BCUT2D eigenvalue weighted by Gasteiger charge is 2.28. The SMILES string of the molecule is CS(=O)(=O)c1ccc(CC(=O)NN2CCN(CCN(C(=O)C3CCCCC3)c3ccccc3)CC2)cc1. The smallest absolute Gasteiger partial charge is 0.238 e. The second kappa shape index (κ2) is 12.7. The van der Waals surface area contributed by atoms with Gasteiger partial charge in [0.2, 0.25) is 11.8 Å². The minimum absolute atomic E-state index is 0.117. The van der Waals surface area contributed by atoms with Crippen LogP contribution >= 0.6 is 0 Å². The van der Waals surface area contributed by atoms with Crippen molar-refractivity contribution in [3.63, 3.8) is 0 Å². The molecule has 8 nitrogen and oxygen atoms in total. The number of hydrogen-bond donors (Lipinski definition) is 1. The number of nitrogens with zero attached hydrogens (tertiary/aromatic N) is 3. The van der Waals surface area contributed by atoms with Crippen LogP contribution in [0, 0.1) is 5.92 Å². The number of hydrazine groups is 1. The molecule has 1 aliphatic heterocycles. The fourth-order valence-corrected chi connectivity index (χ4v) is 5.76. The molecule has 1 heterocycles. The molecule has 1 saturated carbocycles. The summed E-state index contributed by atoms with van der Waals surface area (Å²) in [5, 5.41) is 1.94. The first-order chi connectivity index (χ1) is 17.8. The van der Waals surface area contributed by atoms with E-state index < -0.39 is 9.84 Å². The lowest BCUT2D eigenvalue weighted by atomic mass is 9.88. The zero-order chi connectivity index (χ0) is 26.3. The number of rotatable bonds is 9. The first-order valence-electron chi connectivity index (χ1n) is 13.2. The molecular formula is C28H38N4O4S. The molecule has 1 N–H and O–H groups in total. The lowest BCUT2D eigenvalue weighted by Crippen LogP contribution is -2.55. The van der Waals surface area contributed by atoms with Crippen LogP contribution in [0.15, 0.2) is 59.5 Å². The molecule has 0 unspecified atom stereocenters. The van der Waals surface area contributed by atoms with Gasteiger partial charge in [0, 0.05) is 57.1 Å². The third kappa shape index (κ3) is 7.87. The Morgan fingerprint density at radius 2 is 1.57 bits per heavy atom. The zero-order valence-corrected chi connectivity index (χ0v) is 22.5. The van der Waals surface area contributed by atoms with Crippen molar-refractivity contribution in [3.8, 4) is 0 Å². The Bertz CT molecular complexity index is 1140. The van der Waals surface area contributed by atoms with Crippen LogP contribution in [0.5, 0.6) is 0 Å². The predicted molar refractivity (Wildman–Crippen MR) is 145 cm³/mol. The number of hydrogen-bond acceptors (Lipinski definition) is 6. The van der Waals surface area contributed by atoms with Gasteiger partial charge < -0.3 is 4.90 Å². The Kier molecular flexibility index (Phi) is 9.34. The highest BCUT2D eigenvalue weighted by Crippen LogP contribution is 2.27. The van der Waals surface area contributed by atoms with Gasteiger partial charge in [-0.1, -0.05) is 49.6 Å². The maximum absolute atomic E-state index is 13.4. The van der Waals surface area contributed by atoms with E-state index in [4.69, 9.17) is 0 Å². The molecule has 37 heavy (non-hydrogen) atoms. The number of anilines is 1. The van der Waals surface area contributed by atoms with Gasteiger partial charge in [-0.15, -0.1) is 0 Å². The average Bonchev–Trinajstić information content (AvgIpc) is 2.90. The molecule has 4 rings (SSSR count). The van der Waals surface area contributed by atoms with Crippen LogP contribution in [0.25, 0.3) is 0 Å². The average molecular weight is 527 g/mol. The fourth-order valence-electron chi connectivity index (χ4n) is 5.12. The normalized spacial score (nSPS) is 17.9. The summed E-state index contributed by atoms with van der Waals surface area (Å²) in [5.41, 5.74) is 4.71. The van der Waals surface area contributed by atoms with Crippen molar-refractivity contribution in [1.29, 1.82) is 0 Å². The van der Waals surface area contributed by atoms with Crippen molar-refractivity contribution in [2.24, 2.45) is 5.92 Å². The van der Waals surface area contributed by atoms with Crippen LogP contribution in [-0.2, 0) is 25.8 Å². The van der Waals surface area contributed by atoms with Gasteiger partial charge in [-0.2, -0.15) is 0 Å². The summed E-state index contributed by atoms with van der Waals surface area (Å²) in [6, 6.07) is 16.4. The van der Waals surface area contributed by atoms with E-state index >= 15 is 0 Å². The highest BCUT2D eigenvalue weighted by molar-refractivity contribution is 7.90. The van der Waals surface area contributed by atoms with E-state index in [-0.39, 0.29) is 29.0 Å². The first-order valence-corrected chi connectivity index (χ1v) is 15.1. The molecule has 1 aliphatic carbocycles. The lowest BCUT2D eigenvalue weighted by Gasteiger charge is -2.36. The largest absolute Gasteiger partial charge is 0.311 e. The first kappa shape index (κ1) is 27.3. The molecule has 9 heteroatoms. The van der Waals surface area contributed by atoms with E-state index in [2.05, 4.69) is 10.3 Å². The van der Waals surface area contributed by atoms with Crippen LogP contribution < -0.4 is 10.3 Å². The van der Waals surface area contributed by atoms with Crippen LogP contribution in [0.3, 0.4) is 0 Å². The number of amides is 2. The summed E-state index contributed by atoms with van der Waals surface area (Å²) in [6.07, 6.45) is 6.84. The van der Waals surface area contributed by atoms with Crippen LogP contribution in [0.2, 0.25) is 0 Å². The number of sulfone groups is 1.